The average Bonchev–Trinajstić information content (AvgIpc) is 3.01. The van der Waals surface area contributed by atoms with Gasteiger partial charge in [-0.25, -0.2) is 0 Å². The highest BCUT2D eigenvalue weighted by Crippen LogP contribution is 2.44. The Bertz CT molecular complexity index is 1210. The Morgan fingerprint density at radius 2 is 1.56 bits per heavy atom. The van der Waals surface area contributed by atoms with Crippen LogP contribution in [0.4, 0.5) is 17.1 Å². The molecule has 0 radical (unpaired) electrons. The first-order chi connectivity index (χ1) is 16.5. The summed E-state index contributed by atoms with van der Waals surface area (Å²) in [5.74, 6) is 1.14. The van der Waals surface area contributed by atoms with E-state index in [1.54, 1.807) is 7.11 Å². The molecule has 1 aliphatic heterocycles. The van der Waals surface area contributed by atoms with Gasteiger partial charge in [-0.2, -0.15) is 0 Å². The molecule has 0 bridgehead atoms. The second-order valence-electron chi connectivity index (χ2n) is 9.36. The van der Waals surface area contributed by atoms with Crippen LogP contribution >= 0.6 is 0 Å². The van der Waals surface area contributed by atoms with Gasteiger partial charge in [0.05, 0.1) is 24.5 Å². The fraction of sp³-hybridized carbons (Fsp3) is 0.276. The molecule has 5 rings (SSSR count). The topological polar surface area (TPSA) is 62.4 Å². The van der Waals surface area contributed by atoms with Crippen molar-refractivity contribution in [3.05, 3.63) is 95.2 Å². The van der Waals surface area contributed by atoms with Crippen molar-refractivity contribution < 1.29 is 9.53 Å². The summed E-state index contributed by atoms with van der Waals surface area (Å²) >= 11 is 0. The highest BCUT2D eigenvalue weighted by atomic mass is 16.5. The molecular formula is C29H31N3O2. The number of carbonyl (C=O) groups excluding carboxylic acids is 1. The summed E-state index contributed by atoms with van der Waals surface area (Å²) < 4.78 is 5.31. The number of hydrogen-bond donors (Lipinski definition) is 3. The van der Waals surface area contributed by atoms with Crippen LogP contribution in [0.25, 0.3) is 0 Å². The maximum Gasteiger partial charge on any atom is 0.163 e. The number of fused-ring (bicyclic) bond motifs is 1. The Morgan fingerprint density at radius 3 is 2.24 bits per heavy atom. The molecule has 3 aromatic rings. The van der Waals surface area contributed by atoms with E-state index in [0.717, 1.165) is 51.6 Å². The largest absolute Gasteiger partial charge is 0.497 e. The zero-order chi connectivity index (χ0) is 23.7. The van der Waals surface area contributed by atoms with Gasteiger partial charge in [-0.3, -0.25) is 4.79 Å². The minimum atomic E-state index is -0.205. The standard InChI is InChI=1S/C29H31N3O2/c1-18(2)30-22-12-8-20(9-13-22)29-28-26(31-24-6-4-5-7-25(24)32-29)16-21(17-27(28)33)19-10-14-23(34-3)15-11-19/h4-15,18,21,29-32H,16-17H2,1-3H3. The van der Waals surface area contributed by atoms with E-state index in [9.17, 15) is 4.79 Å². The quantitative estimate of drug-likeness (QED) is 0.412. The van der Waals surface area contributed by atoms with Gasteiger partial charge in [0.2, 0.25) is 0 Å². The van der Waals surface area contributed by atoms with Crippen LogP contribution in [0.15, 0.2) is 84.1 Å². The summed E-state index contributed by atoms with van der Waals surface area (Å²) in [7, 11) is 1.67. The van der Waals surface area contributed by atoms with Crippen molar-refractivity contribution in [3.63, 3.8) is 0 Å². The molecule has 5 heteroatoms. The van der Waals surface area contributed by atoms with Gasteiger partial charge in [0, 0.05) is 29.4 Å². The average molecular weight is 454 g/mol. The van der Waals surface area contributed by atoms with Gasteiger partial charge in [-0.15, -0.1) is 0 Å². The first-order valence-corrected chi connectivity index (χ1v) is 11.9. The van der Waals surface area contributed by atoms with Crippen LogP contribution in [0.2, 0.25) is 0 Å². The van der Waals surface area contributed by atoms with E-state index in [1.807, 2.05) is 24.3 Å². The van der Waals surface area contributed by atoms with Crippen molar-refractivity contribution in [2.24, 2.45) is 0 Å². The number of nitrogens with one attached hydrogen (secondary N) is 3. The first-order valence-electron chi connectivity index (χ1n) is 11.9. The zero-order valence-corrected chi connectivity index (χ0v) is 19.9. The Balaban J connectivity index is 1.53. The second-order valence-corrected chi connectivity index (χ2v) is 9.36. The Labute approximate surface area is 201 Å². The molecule has 0 saturated carbocycles. The number of para-hydroxylation sites is 2. The predicted molar refractivity (Wildman–Crippen MR) is 139 cm³/mol. The van der Waals surface area contributed by atoms with E-state index < -0.39 is 0 Å². The Hall–Kier alpha value is -3.73. The molecule has 3 N–H and O–H groups in total. The minimum absolute atomic E-state index is 0.133. The number of hydrogen-bond acceptors (Lipinski definition) is 5. The molecule has 2 atom stereocenters. The molecule has 0 aromatic heterocycles. The lowest BCUT2D eigenvalue weighted by Gasteiger charge is -2.30. The van der Waals surface area contributed by atoms with Crippen LogP contribution in [0, 0.1) is 0 Å². The lowest BCUT2D eigenvalue weighted by Crippen LogP contribution is -2.26. The van der Waals surface area contributed by atoms with E-state index in [-0.39, 0.29) is 17.7 Å². The number of Topliss-reactive ketones (excluding diaryl/α,β-unsaturated/α-hetero) is 1. The van der Waals surface area contributed by atoms with Crippen molar-refractivity contribution in [2.45, 2.75) is 44.7 Å². The molecule has 0 fully saturated rings. The van der Waals surface area contributed by atoms with Crippen molar-refractivity contribution in [1.29, 1.82) is 0 Å². The van der Waals surface area contributed by atoms with Crippen molar-refractivity contribution in [1.82, 2.24) is 0 Å². The first kappa shape index (κ1) is 22.1. The summed E-state index contributed by atoms with van der Waals surface area (Å²) in [6, 6.07) is 24.8. The number of anilines is 3. The van der Waals surface area contributed by atoms with E-state index >= 15 is 0 Å². The van der Waals surface area contributed by atoms with E-state index in [2.05, 4.69) is 78.3 Å². The number of methoxy groups -OCH3 is 1. The normalized spacial score (nSPS) is 19.5. The third kappa shape index (κ3) is 4.38. The van der Waals surface area contributed by atoms with Crippen LogP contribution in [0.5, 0.6) is 5.75 Å². The molecule has 3 aromatic carbocycles. The van der Waals surface area contributed by atoms with Gasteiger partial charge in [-0.05, 0) is 73.7 Å². The fourth-order valence-corrected chi connectivity index (χ4v) is 4.96. The van der Waals surface area contributed by atoms with Crippen LogP contribution < -0.4 is 20.7 Å². The molecule has 34 heavy (non-hydrogen) atoms. The van der Waals surface area contributed by atoms with E-state index in [1.165, 1.54) is 0 Å². The van der Waals surface area contributed by atoms with Crippen molar-refractivity contribution in [3.8, 4) is 5.75 Å². The molecule has 0 saturated heterocycles. The van der Waals surface area contributed by atoms with Gasteiger partial charge in [-0.1, -0.05) is 36.4 Å². The van der Waals surface area contributed by atoms with Crippen LogP contribution in [-0.2, 0) is 4.79 Å². The highest BCUT2D eigenvalue weighted by Gasteiger charge is 2.36. The number of allylic oxidation sites excluding steroid dienone is 1. The summed E-state index contributed by atoms with van der Waals surface area (Å²) in [5, 5.41) is 10.7. The van der Waals surface area contributed by atoms with Crippen molar-refractivity contribution >= 4 is 22.8 Å². The van der Waals surface area contributed by atoms with Crippen LogP contribution in [0.3, 0.4) is 0 Å². The molecule has 1 aliphatic carbocycles. The molecule has 174 valence electrons. The van der Waals surface area contributed by atoms with Gasteiger partial charge >= 0.3 is 0 Å². The lowest BCUT2D eigenvalue weighted by molar-refractivity contribution is -0.116. The predicted octanol–water partition coefficient (Wildman–Crippen LogP) is 6.50. The number of carbonyl (C=O) groups is 1. The second kappa shape index (κ2) is 9.26. The van der Waals surface area contributed by atoms with Gasteiger partial charge < -0.3 is 20.7 Å². The summed E-state index contributed by atoms with van der Waals surface area (Å²) in [6.07, 6.45) is 1.28. The van der Waals surface area contributed by atoms with E-state index in [4.69, 9.17) is 4.74 Å². The number of ether oxygens (including phenoxy) is 1. The number of ketones is 1. The van der Waals surface area contributed by atoms with E-state index in [0.29, 0.717) is 12.5 Å². The summed E-state index contributed by atoms with van der Waals surface area (Å²) in [5.41, 5.74) is 7.16. The number of benzene rings is 3. The maximum atomic E-state index is 13.7. The van der Waals surface area contributed by atoms with Crippen molar-refractivity contribution in [2.75, 3.05) is 23.1 Å². The SMILES string of the molecule is COc1ccc(C2CC(=O)C3=C(C2)Nc2ccccc2NC3c2ccc(NC(C)C)cc2)cc1. The number of rotatable bonds is 5. The third-order valence-electron chi connectivity index (χ3n) is 6.60. The smallest absolute Gasteiger partial charge is 0.163 e. The van der Waals surface area contributed by atoms with Gasteiger partial charge in [0.1, 0.15) is 5.75 Å². The molecule has 1 heterocycles. The Morgan fingerprint density at radius 1 is 0.882 bits per heavy atom. The maximum absolute atomic E-state index is 13.7. The molecule has 0 amide bonds. The highest BCUT2D eigenvalue weighted by molar-refractivity contribution is 6.01. The molecule has 2 aliphatic rings. The monoisotopic (exact) mass is 453 g/mol. The fourth-order valence-electron chi connectivity index (χ4n) is 4.96. The lowest BCUT2D eigenvalue weighted by atomic mass is 9.78. The Kier molecular flexibility index (Phi) is 6.01. The molecule has 2 unspecified atom stereocenters. The van der Waals surface area contributed by atoms with Crippen LogP contribution in [-0.4, -0.2) is 18.9 Å². The summed E-state index contributed by atoms with van der Waals surface area (Å²) in [4.78, 5) is 13.7. The van der Waals surface area contributed by atoms with Gasteiger partial charge in [0.25, 0.3) is 0 Å². The summed E-state index contributed by atoms with van der Waals surface area (Å²) in [6.45, 7) is 4.25. The van der Waals surface area contributed by atoms with Gasteiger partial charge in [0.15, 0.2) is 5.78 Å². The molecule has 0 spiro atoms. The zero-order valence-electron chi connectivity index (χ0n) is 19.9. The molecule has 5 nitrogen and oxygen atoms in total. The molecular weight excluding hydrogens is 422 g/mol. The third-order valence-corrected chi connectivity index (χ3v) is 6.60. The van der Waals surface area contributed by atoms with Crippen LogP contribution in [0.1, 0.15) is 49.8 Å². The minimum Gasteiger partial charge on any atom is -0.497 e.